The first-order valence-corrected chi connectivity index (χ1v) is 14.0. The number of carbonyl (C=O) groups excluding carboxylic acids is 1. The molecule has 0 radical (unpaired) electrons. The van der Waals surface area contributed by atoms with Crippen LogP contribution in [0.4, 0.5) is 4.39 Å². The number of hydrogen-bond donors (Lipinski definition) is 0. The number of piperidine rings is 1. The van der Waals surface area contributed by atoms with E-state index in [-0.39, 0.29) is 35.5 Å². The van der Waals surface area contributed by atoms with E-state index in [1.54, 1.807) is 0 Å². The molecule has 4 rings (SSSR count). The number of halogens is 2. The van der Waals surface area contributed by atoms with Gasteiger partial charge in [0, 0.05) is 62.3 Å². The summed E-state index contributed by atoms with van der Waals surface area (Å²) in [6.45, 7) is 4.37. The molecule has 2 fully saturated rings. The van der Waals surface area contributed by atoms with Crippen molar-refractivity contribution in [3.8, 4) is 0 Å². The van der Waals surface area contributed by atoms with Gasteiger partial charge in [-0.25, -0.2) is 17.1 Å². The molecule has 188 valence electrons. The van der Waals surface area contributed by atoms with Crippen molar-refractivity contribution in [2.24, 2.45) is 5.92 Å². The number of carbonyl (C=O) groups is 1. The van der Waals surface area contributed by atoms with Crippen molar-refractivity contribution in [3.05, 3.63) is 76.6 Å². The predicted molar refractivity (Wildman–Crippen MR) is 137 cm³/mol. The van der Waals surface area contributed by atoms with Gasteiger partial charge in [-0.15, -0.1) is 0 Å². The van der Waals surface area contributed by atoms with Crippen LogP contribution in [0.2, 0.25) is 5.02 Å². The molecular formula is C26H31ClFN3O3S. The summed E-state index contributed by atoms with van der Waals surface area (Å²) in [6, 6.07) is 14.3. The molecule has 2 saturated heterocycles. The first-order chi connectivity index (χ1) is 16.8. The molecule has 0 spiro atoms. The van der Waals surface area contributed by atoms with Crippen LogP contribution in [-0.2, 0) is 20.6 Å². The lowest BCUT2D eigenvalue weighted by Crippen LogP contribution is -2.51. The Bertz CT molecular complexity index is 1120. The van der Waals surface area contributed by atoms with Gasteiger partial charge < -0.3 is 4.90 Å². The Morgan fingerprint density at radius 3 is 2.31 bits per heavy atom. The number of hydrogen-bond acceptors (Lipinski definition) is 4. The minimum Gasteiger partial charge on any atom is -0.340 e. The average molecular weight is 520 g/mol. The second-order valence-corrected chi connectivity index (χ2v) is 11.4. The van der Waals surface area contributed by atoms with E-state index >= 15 is 0 Å². The fraction of sp³-hybridized carbons (Fsp3) is 0.423. The Hall–Kier alpha value is -2.26. The van der Waals surface area contributed by atoms with Crippen LogP contribution in [0, 0.1) is 11.7 Å². The summed E-state index contributed by atoms with van der Waals surface area (Å²) >= 11 is 6.01. The standard InChI is InChI=1S/C26H31ClFN3O3S/c27-24-9-4-10-25(28)23(24)20-35(33,34)31-14-11-22(12-15-31)26(32)30-18-16-29(17-19-30)13-5-8-21-6-2-1-3-7-21/h1-10,22H,11-20H2/b8-5+. The number of benzene rings is 2. The first kappa shape index (κ1) is 25.8. The third-order valence-corrected chi connectivity index (χ3v) is 8.90. The van der Waals surface area contributed by atoms with Crippen molar-refractivity contribution in [2.45, 2.75) is 18.6 Å². The largest absolute Gasteiger partial charge is 0.340 e. The Morgan fingerprint density at radius 1 is 0.971 bits per heavy atom. The predicted octanol–water partition coefficient (Wildman–Crippen LogP) is 3.88. The molecule has 2 aliphatic heterocycles. The number of nitrogens with zero attached hydrogens (tertiary/aromatic N) is 3. The Kier molecular flexibility index (Phi) is 8.59. The zero-order chi connectivity index (χ0) is 24.8. The summed E-state index contributed by atoms with van der Waals surface area (Å²) in [5.74, 6) is -1.17. The van der Waals surface area contributed by atoms with Crippen LogP contribution in [0.25, 0.3) is 6.08 Å². The number of sulfonamides is 1. The third kappa shape index (κ3) is 6.70. The molecule has 0 atom stereocenters. The van der Waals surface area contributed by atoms with Gasteiger partial charge in [0.05, 0.1) is 5.75 Å². The number of rotatable bonds is 7. The summed E-state index contributed by atoms with van der Waals surface area (Å²) < 4.78 is 41.1. The van der Waals surface area contributed by atoms with Gasteiger partial charge in [0.15, 0.2) is 0 Å². The Morgan fingerprint density at radius 2 is 1.66 bits per heavy atom. The molecule has 0 unspecified atom stereocenters. The monoisotopic (exact) mass is 519 g/mol. The Labute approximate surface area is 212 Å². The molecule has 0 aliphatic carbocycles. The van der Waals surface area contributed by atoms with Crippen LogP contribution in [0.1, 0.15) is 24.0 Å². The van der Waals surface area contributed by atoms with Gasteiger partial charge in [-0.3, -0.25) is 9.69 Å². The fourth-order valence-electron chi connectivity index (χ4n) is 4.64. The van der Waals surface area contributed by atoms with Crippen molar-refractivity contribution in [2.75, 3.05) is 45.8 Å². The van der Waals surface area contributed by atoms with Gasteiger partial charge in [0.1, 0.15) is 5.82 Å². The normalized spacial score (nSPS) is 18.9. The van der Waals surface area contributed by atoms with Crippen LogP contribution in [0.3, 0.4) is 0 Å². The fourth-order valence-corrected chi connectivity index (χ4v) is 6.55. The van der Waals surface area contributed by atoms with E-state index in [2.05, 4.69) is 29.2 Å². The minimum atomic E-state index is -3.72. The molecule has 0 bridgehead atoms. The zero-order valence-electron chi connectivity index (χ0n) is 19.7. The quantitative estimate of drug-likeness (QED) is 0.557. The second kappa shape index (κ2) is 11.6. The van der Waals surface area contributed by atoms with E-state index in [0.717, 1.165) is 19.6 Å². The van der Waals surface area contributed by atoms with Crippen LogP contribution >= 0.6 is 11.6 Å². The SMILES string of the molecule is O=C(C1CCN(S(=O)(=O)Cc2c(F)cccc2Cl)CC1)N1CCN(C/C=C/c2ccccc2)CC1. The van der Waals surface area contributed by atoms with Gasteiger partial charge in [-0.05, 0) is 30.5 Å². The molecule has 9 heteroatoms. The summed E-state index contributed by atoms with van der Waals surface area (Å²) in [6.07, 6.45) is 5.21. The lowest BCUT2D eigenvalue weighted by atomic mass is 9.96. The molecule has 1 amide bonds. The molecule has 6 nitrogen and oxygen atoms in total. The third-order valence-electron chi connectivity index (χ3n) is 6.74. The van der Waals surface area contributed by atoms with E-state index in [0.29, 0.717) is 25.9 Å². The molecule has 0 N–H and O–H groups in total. The van der Waals surface area contributed by atoms with E-state index < -0.39 is 21.6 Å². The van der Waals surface area contributed by atoms with Crippen LogP contribution in [-0.4, -0.2) is 74.2 Å². The average Bonchev–Trinajstić information content (AvgIpc) is 2.87. The summed E-state index contributed by atoms with van der Waals surface area (Å²) in [5, 5.41) is 0.105. The van der Waals surface area contributed by atoms with E-state index in [4.69, 9.17) is 11.6 Å². The van der Waals surface area contributed by atoms with Gasteiger partial charge >= 0.3 is 0 Å². The topological polar surface area (TPSA) is 60.9 Å². The maximum Gasteiger partial charge on any atom is 0.225 e. The second-order valence-electron chi connectivity index (χ2n) is 9.07. The van der Waals surface area contributed by atoms with Gasteiger partial charge in [-0.1, -0.05) is 60.2 Å². The lowest BCUT2D eigenvalue weighted by molar-refractivity contribution is -0.138. The van der Waals surface area contributed by atoms with Crippen LogP contribution < -0.4 is 0 Å². The van der Waals surface area contributed by atoms with Crippen molar-refractivity contribution in [3.63, 3.8) is 0 Å². The van der Waals surface area contributed by atoms with E-state index in [1.807, 2.05) is 23.1 Å². The minimum absolute atomic E-state index is 0.0103. The molecule has 2 aromatic rings. The van der Waals surface area contributed by atoms with E-state index in [1.165, 1.54) is 28.1 Å². The molecule has 2 aromatic carbocycles. The van der Waals surface area contributed by atoms with Gasteiger partial charge in [0.2, 0.25) is 15.9 Å². The van der Waals surface area contributed by atoms with Gasteiger partial charge in [0.25, 0.3) is 0 Å². The van der Waals surface area contributed by atoms with Crippen molar-refractivity contribution in [1.29, 1.82) is 0 Å². The summed E-state index contributed by atoms with van der Waals surface area (Å²) in [4.78, 5) is 17.3. The molecule has 2 aliphatic rings. The maximum atomic E-state index is 14.1. The molecule has 35 heavy (non-hydrogen) atoms. The van der Waals surface area contributed by atoms with E-state index in [9.17, 15) is 17.6 Å². The number of amides is 1. The Balaban J connectivity index is 1.23. The maximum absolute atomic E-state index is 14.1. The highest BCUT2D eigenvalue weighted by molar-refractivity contribution is 7.88. The highest BCUT2D eigenvalue weighted by Gasteiger charge is 2.34. The molecular weight excluding hydrogens is 489 g/mol. The van der Waals surface area contributed by atoms with Gasteiger partial charge in [-0.2, -0.15) is 0 Å². The van der Waals surface area contributed by atoms with Crippen molar-refractivity contribution < 1.29 is 17.6 Å². The van der Waals surface area contributed by atoms with Crippen molar-refractivity contribution >= 4 is 33.6 Å². The first-order valence-electron chi connectivity index (χ1n) is 12.0. The highest BCUT2D eigenvalue weighted by Crippen LogP contribution is 2.27. The lowest BCUT2D eigenvalue weighted by Gasteiger charge is -2.38. The highest BCUT2D eigenvalue weighted by atomic mass is 35.5. The van der Waals surface area contributed by atoms with Crippen LogP contribution in [0.15, 0.2) is 54.6 Å². The summed E-state index contributed by atoms with van der Waals surface area (Å²) in [5.41, 5.74) is 1.16. The molecule has 0 aromatic heterocycles. The number of piperazine rings is 1. The van der Waals surface area contributed by atoms with Crippen molar-refractivity contribution in [1.82, 2.24) is 14.1 Å². The summed E-state index contributed by atoms with van der Waals surface area (Å²) in [7, 11) is -3.72. The zero-order valence-corrected chi connectivity index (χ0v) is 21.2. The smallest absolute Gasteiger partial charge is 0.225 e. The molecule has 2 heterocycles. The van der Waals surface area contributed by atoms with Crippen LogP contribution in [0.5, 0.6) is 0 Å². The molecule has 0 saturated carbocycles.